The predicted molar refractivity (Wildman–Crippen MR) is 81.9 cm³/mol. The van der Waals surface area contributed by atoms with Crippen molar-refractivity contribution in [2.75, 3.05) is 13.2 Å². The highest BCUT2D eigenvalue weighted by atomic mass is 32.2. The van der Waals surface area contributed by atoms with Crippen LogP contribution in [0.15, 0.2) is 41.7 Å². The number of benzene rings is 1. The van der Waals surface area contributed by atoms with Crippen molar-refractivity contribution in [3.63, 3.8) is 0 Å². The summed E-state index contributed by atoms with van der Waals surface area (Å²) in [5.41, 5.74) is 2.06. The SMILES string of the molecule is O=C(NNS(=O)(=O)c1ccc2c(c1)OCCCO2)c1cnccn1. The van der Waals surface area contributed by atoms with E-state index in [2.05, 4.69) is 15.4 Å². The van der Waals surface area contributed by atoms with Crippen molar-refractivity contribution in [1.82, 2.24) is 20.2 Å². The number of fused-ring (bicyclic) bond motifs is 1. The molecule has 2 aromatic rings. The molecule has 0 saturated heterocycles. The van der Waals surface area contributed by atoms with Crippen molar-refractivity contribution in [1.29, 1.82) is 0 Å². The lowest BCUT2D eigenvalue weighted by atomic mass is 10.3. The van der Waals surface area contributed by atoms with Gasteiger partial charge in [-0.2, -0.15) is 0 Å². The molecule has 0 aliphatic carbocycles. The van der Waals surface area contributed by atoms with E-state index >= 15 is 0 Å². The molecule has 0 atom stereocenters. The summed E-state index contributed by atoms with van der Waals surface area (Å²) in [5, 5.41) is 0. The lowest BCUT2D eigenvalue weighted by molar-refractivity contribution is 0.0939. The Bertz CT molecular complexity index is 841. The number of hydrogen-bond acceptors (Lipinski definition) is 7. The molecule has 0 unspecified atom stereocenters. The monoisotopic (exact) mass is 350 g/mol. The normalized spacial score (nSPS) is 13.8. The van der Waals surface area contributed by atoms with Crippen molar-refractivity contribution >= 4 is 15.9 Å². The minimum Gasteiger partial charge on any atom is -0.490 e. The number of nitrogens with one attached hydrogen (secondary N) is 2. The van der Waals surface area contributed by atoms with Crippen molar-refractivity contribution in [2.45, 2.75) is 11.3 Å². The summed E-state index contributed by atoms with van der Waals surface area (Å²) in [5.74, 6) is 0.103. The zero-order chi connectivity index (χ0) is 17.0. The molecule has 9 nitrogen and oxygen atoms in total. The van der Waals surface area contributed by atoms with E-state index in [1.54, 1.807) is 0 Å². The Hall–Kier alpha value is -2.72. The van der Waals surface area contributed by atoms with Gasteiger partial charge >= 0.3 is 0 Å². The number of hydrazine groups is 1. The second-order valence-electron chi connectivity index (χ2n) is 4.81. The minimum atomic E-state index is -3.97. The van der Waals surface area contributed by atoms with Crippen LogP contribution < -0.4 is 19.7 Å². The van der Waals surface area contributed by atoms with Gasteiger partial charge in [-0.1, -0.05) is 0 Å². The largest absolute Gasteiger partial charge is 0.490 e. The topological polar surface area (TPSA) is 120 Å². The van der Waals surface area contributed by atoms with E-state index in [0.29, 0.717) is 31.1 Å². The molecule has 0 saturated carbocycles. The molecule has 0 radical (unpaired) electrons. The van der Waals surface area contributed by atoms with E-state index < -0.39 is 15.9 Å². The van der Waals surface area contributed by atoms with Crippen LogP contribution in [0, 0.1) is 0 Å². The molecular weight excluding hydrogens is 336 g/mol. The quantitative estimate of drug-likeness (QED) is 0.759. The third kappa shape index (κ3) is 3.60. The van der Waals surface area contributed by atoms with E-state index in [1.807, 2.05) is 4.83 Å². The van der Waals surface area contributed by atoms with E-state index in [-0.39, 0.29) is 10.6 Å². The average molecular weight is 350 g/mol. The number of ether oxygens (including phenoxy) is 2. The highest BCUT2D eigenvalue weighted by Gasteiger charge is 2.20. The first-order valence-corrected chi connectivity index (χ1v) is 8.52. The minimum absolute atomic E-state index is 0.0149. The van der Waals surface area contributed by atoms with Crippen LogP contribution in [0.4, 0.5) is 0 Å². The molecule has 1 amide bonds. The highest BCUT2D eigenvalue weighted by Crippen LogP contribution is 2.31. The summed E-state index contributed by atoms with van der Waals surface area (Å²) in [6.07, 6.45) is 4.66. The Morgan fingerprint density at radius 1 is 1.12 bits per heavy atom. The maximum Gasteiger partial charge on any atom is 0.286 e. The second-order valence-corrected chi connectivity index (χ2v) is 6.49. The maximum absolute atomic E-state index is 12.3. The summed E-state index contributed by atoms with van der Waals surface area (Å²) in [6.45, 7) is 0.943. The van der Waals surface area contributed by atoms with Crippen LogP contribution in [0.3, 0.4) is 0 Å². The van der Waals surface area contributed by atoms with Gasteiger partial charge in [0.25, 0.3) is 15.9 Å². The summed E-state index contributed by atoms with van der Waals surface area (Å²) >= 11 is 0. The number of rotatable bonds is 4. The fraction of sp³-hybridized carbons (Fsp3) is 0.214. The van der Waals surface area contributed by atoms with Gasteiger partial charge in [0.2, 0.25) is 0 Å². The van der Waals surface area contributed by atoms with Gasteiger partial charge in [-0.3, -0.25) is 15.2 Å². The molecule has 1 aromatic heterocycles. The van der Waals surface area contributed by atoms with Crippen molar-refractivity contribution in [3.05, 3.63) is 42.5 Å². The van der Waals surface area contributed by atoms with Gasteiger partial charge in [-0.15, -0.1) is 4.83 Å². The number of carbonyl (C=O) groups excluding carboxylic acids is 1. The zero-order valence-electron chi connectivity index (χ0n) is 12.4. The first kappa shape index (κ1) is 16.1. The Morgan fingerprint density at radius 3 is 2.67 bits per heavy atom. The molecule has 24 heavy (non-hydrogen) atoms. The van der Waals surface area contributed by atoms with Crippen LogP contribution in [0.5, 0.6) is 11.5 Å². The molecule has 0 bridgehead atoms. The summed E-state index contributed by atoms with van der Waals surface area (Å²) < 4.78 is 35.5. The number of sulfonamides is 1. The molecule has 0 spiro atoms. The number of carbonyl (C=O) groups is 1. The standard InChI is InChI=1S/C14H14N4O5S/c19-14(11-9-15-4-5-16-11)17-18-24(20,21)10-2-3-12-13(8-10)23-7-1-6-22-12/h2-5,8-9,18H,1,6-7H2,(H,17,19). The van der Waals surface area contributed by atoms with Gasteiger partial charge in [-0.25, -0.2) is 13.4 Å². The predicted octanol–water partition coefficient (Wildman–Crippen LogP) is 0.261. The molecule has 0 fully saturated rings. The molecule has 126 valence electrons. The van der Waals surface area contributed by atoms with Gasteiger partial charge in [0.05, 0.1) is 24.3 Å². The Labute approximate surface area is 138 Å². The Morgan fingerprint density at radius 2 is 1.92 bits per heavy atom. The van der Waals surface area contributed by atoms with Crippen molar-refractivity contribution in [2.24, 2.45) is 0 Å². The van der Waals surface area contributed by atoms with Gasteiger partial charge in [0.15, 0.2) is 11.5 Å². The number of aromatic nitrogens is 2. The van der Waals surface area contributed by atoms with Crippen molar-refractivity contribution < 1.29 is 22.7 Å². The second kappa shape index (κ2) is 6.81. The molecule has 1 aliphatic rings. The summed E-state index contributed by atoms with van der Waals surface area (Å²) in [4.78, 5) is 21.3. The van der Waals surface area contributed by atoms with Gasteiger partial charge < -0.3 is 9.47 Å². The third-order valence-electron chi connectivity index (χ3n) is 3.12. The third-order valence-corrected chi connectivity index (χ3v) is 4.37. The van der Waals surface area contributed by atoms with E-state index in [1.165, 1.54) is 36.8 Å². The van der Waals surface area contributed by atoms with E-state index in [0.717, 1.165) is 0 Å². The number of nitrogens with zero attached hydrogens (tertiary/aromatic N) is 2. The summed E-state index contributed by atoms with van der Waals surface area (Å²) in [6, 6.07) is 4.22. The molecule has 2 N–H and O–H groups in total. The van der Waals surface area contributed by atoms with Gasteiger partial charge in [0, 0.05) is 24.9 Å². The van der Waals surface area contributed by atoms with Gasteiger partial charge in [0.1, 0.15) is 5.69 Å². The smallest absolute Gasteiger partial charge is 0.286 e. The lowest BCUT2D eigenvalue weighted by Crippen LogP contribution is -2.41. The van der Waals surface area contributed by atoms with Crippen LogP contribution in [0.1, 0.15) is 16.9 Å². The first-order valence-electron chi connectivity index (χ1n) is 7.04. The lowest BCUT2D eigenvalue weighted by Gasteiger charge is -2.11. The van der Waals surface area contributed by atoms with Crippen LogP contribution in [-0.4, -0.2) is 37.5 Å². The Kier molecular flexibility index (Phi) is 4.58. The van der Waals surface area contributed by atoms with Crippen LogP contribution in [0.2, 0.25) is 0 Å². The van der Waals surface area contributed by atoms with Crippen LogP contribution in [-0.2, 0) is 10.0 Å². The van der Waals surface area contributed by atoms with Gasteiger partial charge in [-0.05, 0) is 12.1 Å². The molecule has 1 aromatic carbocycles. The van der Waals surface area contributed by atoms with Crippen molar-refractivity contribution in [3.8, 4) is 11.5 Å². The molecule has 1 aliphatic heterocycles. The first-order chi connectivity index (χ1) is 11.6. The molecule has 3 rings (SSSR count). The highest BCUT2D eigenvalue weighted by molar-refractivity contribution is 7.89. The molecule has 2 heterocycles. The fourth-order valence-electron chi connectivity index (χ4n) is 1.96. The number of hydrogen-bond donors (Lipinski definition) is 2. The van der Waals surface area contributed by atoms with Crippen LogP contribution in [0.25, 0.3) is 0 Å². The summed E-state index contributed by atoms with van der Waals surface area (Å²) in [7, 11) is -3.97. The Balaban J connectivity index is 1.74. The van der Waals surface area contributed by atoms with E-state index in [4.69, 9.17) is 9.47 Å². The maximum atomic E-state index is 12.3. The number of amides is 1. The fourth-order valence-corrected chi connectivity index (χ4v) is 2.82. The molecule has 10 heteroatoms. The average Bonchev–Trinajstić information content (AvgIpc) is 2.85. The zero-order valence-corrected chi connectivity index (χ0v) is 13.2. The molecular formula is C14H14N4O5S. The van der Waals surface area contributed by atoms with Crippen LogP contribution >= 0.6 is 0 Å². The van der Waals surface area contributed by atoms with E-state index in [9.17, 15) is 13.2 Å².